The van der Waals surface area contributed by atoms with Gasteiger partial charge in [-0.05, 0) is 75.1 Å². The van der Waals surface area contributed by atoms with Gasteiger partial charge in [-0.1, -0.05) is 35.5 Å². The number of ether oxygens (including phenoxy) is 1. The second-order valence-corrected chi connectivity index (χ2v) is 11.7. The van der Waals surface area contributed by atoms with E-state index < -0.39 is 5.60 Å². The molecule has 40 heavy (non-hydrogen) atoms. The molecule has 2 atom stereocenters. The lowest BCUT2D eigenvalue weighted by Crippen LogP contribution is -2.27. The first kappa shape index (κ1) is 25.4. The van der Waals surface area contributed by atoms with Crippen LogP contribution < -0.4 is 0 Å². The lowest BCUT2D eigenvalue weighted by atomic mass is 9.86. The van der Waals surface area contributed by atoms with Crippen molar-refractivity contribution in [3.8, 4) is 11.3 Å². The normalized spacial score (nSPS) is 18.8. The van der Waals surface area contributed by atoms with Crippen LogP contribution in [-0.2, 0) is 17.4 Å². The quantitative estimate of drug-likeness (QED) is 0.284. The maximum Gasteiger partial charge on any atom is 0.130 e. The molecule has 1 saturated heterocycles. The molecule has 1 saturated carbocycles. The van der Waals surface area contributed by atoms with Crippen LogP contribution in [0.2, 0.25) is 0 Å². The Kier molecular flexibility index (Phi) is 6.02. The summed E-state index contributed by atoms with van der Waals surface area (Å²) in [5.74, 6) is 0.00206. The van der Waals surface area contributed by atoms with E-state index in [4.69, 9.17) is 9.72 Å². The molecule has 0 spiro atoms. The van der Waals surface area contributed by atoms with Crippen LogP contribution in [0.3, 0.4) is 0 Å². The molecule has 7 rings (SSSR count). The Hall–Kier alpha value is -3.62. The summed E-state index contributed by atoms with van der Waals surface area (Å²) < 4.78 is 25.7. The monoisotopic (exact) mass is 539 g/mol. The van der Waals surface area contributed by atoms with Crippen LogP contribution in [0, 0.1) is 24.6 Å². The number of hydrogen-bond donors (Lipinski definition) is 1. The van der Waals surface area contributed by atoms with E-state index in [0.29, 0.717) is 24.7 Å². The van der Waals surface area contributed by atoms with Crippen molar-refractivity contribution in [2.75, 3.05) is 13.2 Å². The van der Waals surface area contributed by atoms with Gasteiger partial charge in [-0.2, -0.15) is 0 Å². The van der Waals surface area contributed by atoms with Gasteiger partial charge in [0.25, 0.3) is 0 Å². The molecule has 1 aliphatic carbocycles. The van der Waals surface area contributed by atoms with Crippen molar-refractivity contribution in [1.82, 2.24) is 24.5 Å². The molecule has 1 aliphatic heterocycles. The molecule has 2 aliphatic rings. The van der Waals surface area contributed by atoms with Crippen LogP contribution >= 0.6 is 0 Å². The molecule has 5 aromatic rings. The highest BCUT2D eigenvalue weighted by atomic mass is 19.1. The fourth-order valence-electron chi connectivity index (χ4n) is 6.78. The van der Waals surface area contributed by atoms with Gasteiger partial charge in [0.2, 0.25) is 0 Å². The highest BCUT2D eigenvalue weighted by Gasteiger charge is 2.43. The summed E-state index contributed by atoms with van der Waals surface area (Å²) in [6.07, 6.45) is 5.49. The van der Waals surface area contributed by atoms with Crippen LogP contribution in [-0.4, -0.2) is 42.9 Å². The fraction of sp³-hybridized carbons (Fsp3) is 0.406. The smallest absolute Gasteiger partial charge is 0.130 e. The van der Waals surface area contributed by atoms with Crippen molar-refractivity contribution in [2.24, 2.45) is 18.9 Å². The van der Waals surface area contributed by atoms with Crippen LogP contribution in [0.4, 0.5) is 4.39 Å². The lowest BCUT2D eigenvalue weighted by molar-refractivity contribution is 0.0296. The summed E-state index contributed by atoms with van der Waals surface area (Å²) in [6, 6.07) is 16.1. The Labute approximate surface area is 232 Å². The average Bonchev–Trinajstić information content (AvgIpc) is 3.72. The second-order valence-electron chi connectivity index (χ2n) is 11.7. The third-order valence-corrected chi connectivity index (χ3v) is 9.05. The van der Waals surface area contributed by atoms with E-state index >= 15 is 4.39 Å². The summed E-state index contributed by atoms with van der Waals surface area (Å²) in [7, 11) is 1.88. The molecule has 2 aromatic carbocycles. The van der Waals surface area contributed by atoms with Gasteiger partial charge >= 0.3 is 0 Å². The van der Waals surface area contributed by atoms with E-state index in [-0.39, 0.29) is 17.8 Å². The zero-order valence-corrected chi connectivity index (χ0v) is 23.1. The van der Waals surface area contributed by atoms with E-state index in [0.717, 1.165) is 64.6 Å². The zero-order chi connectivity index (χ0) is 27.6. The first-order valence-electron chi connectivity index (χ1n) is 14.2. The number of fused-ring (bicyclic) bond motifs is 3. The van der Waals surface area contributed by atoms with Crippen molar-refractivity contribution in [3.63, 3.8) is 0 Å². The minimum atomic E-state index is -1.23. The van der Waals surface area contributed by atoms with Crippen molar-refractivity contribution in [1.29, 1.82) is 0 Å². The predicted molar refractivity (Wildman–Crippen MR) is 152 cm³/mol. The largest absolute Gasteiger partial charge is 0.385 e. The Morgan fingerprint density at radius 2 is 1.80 bits per heavy atom. The van der Waals surface area contributed by atoms with Gasteiger partial charge in [0.15, 0.2) is 0 Å². The molecule has 2 fully saturated rings. The van der Waals surface area contributed by atoms with Crippen molar-refractivity contribution >= 4 is 21.9 Å². The first-order chi connectivity index (χ1) is 19.3. The third kappa shape index (κ3) is 4.04. The fourth-order valence-corrected chi connectivity index (χ4v) is 6.78. The molecule has 0 amide bonds. The van der Waals surface area contributed by atoms with E-state index in [1.807, 2.05) is 32.3 Å². The molecule has 4 heterocycles. The number of rotatable bonds is 6. The van der Waals surface area contributed by atoms with Gasteiger partial charge in [0.1, 0.15) is 5.82 Å². The van der Waals surface area contributed by atoms with Gasteiger partial charge < -0.3 is 14.4 Å². The van der Waals surface area contributed by atoms with Gasteiger partial charge in [0, 0.05) is 43.0 Å². The lowest BCUT2D eigenvalue weighted by Gasteiger charge is -2.33. The topological polar surface area (TPSA) is 78.0 Å². The molecule has 7 nitrogen and oxygen atoms in total. The highest BCUT2D eigenvalue weighted by Crippen LogP contribution is 2.48. The van der Waals surface area contributed by atoms with Crippen LogP contribution in [0.5, 0.6) is 0 Å². The Bertz CT molecular complexity index is 1690. The van der Waals surface area contributed by atoms with Crippen LogP contribution in [0.15, 0.2) is 54.7 Å². The Balaban J connectivity index is 1.56. The molecule has 1 N–H and O–H groups in total. The minimum Gasteiger partial charge on any atom is -0.385 e. The summed E-state index contributed by atoms with van der Waals surface area (Å²) in [6.45, 7) is 5.12. The second kappa shape index (κ2) is 9.49. The molecule has 0 radical (unpaired) electrons. The van der Waals surface area contributed by atoms with Gasteiger partial charge in [-0.15, -0.1) is 5.10 Å². The average molecular weight is 540 g/mol. The molecular weight excluding hydrogens is 505 g/mol. The van der Waals surface area contributed by atoms with E-state index in [2.05, 4.69) is 45.2 Å². The highest BCUT2D eigenvalue weighted by molar-refractivity contribution is 6.07. The third-order valence-electron chi connectivity index (χ3n) is 9.05. The number of hydrogen-bond acceptors (Lipinski definition) is 5. The minimum absolute atomic E-state index is 0.0166. The van der Waals surface area contributed by atoms with E-state index in [9.17, 15) is 5.11 Å². The summed E-state index contributed by atoms with van der Waals surface area (Å²) in [5.41, 5.74) is 5.52. The number of halogens is 1. The molecular formula is C32H34FN5O2. The van der Waals surface area contributed by atoms with E-state index in [1.54, 1.807) is 17.7 Å². The maximum absolute atomic E-state index is 15.8. The van der Waals surface area contributed by atoms with Crippen LogP contribution in [0.1, 0.15) is 55.5 Å². The standard InChI is InChI=1S/C32H34FN5O2/c1-19-30(37(3)36-35-19)22-15-28-29(34-18-22)24-16-26(33)25(32(2,39)23-9-10-23)17-27(24)38(28)31(20-7-5-4-6-8-20)21-11-13-40-14-12-21/h4-8,15-18,21,23,31,39H,9-14H2,1-3H3. The SMILES string of the molecule is Cc1nnn(C)c1-c1cnc2c3cc(F)c(C(C)(O)C4CC4)cc3n(C(c3ccccc3)C3CCOCC3)c2c1. The number of aryl methyl sites for hydroxylation is 2. The maximum atomic E-state index is 15.8. The van der Waals surface area contributed by atoms with Gasteiger partial charge in [-0.3, -0.25) is 4.98 Å². The number of benzene rings is 2. The van der Waals surface area contributed by atoms with Gasteiger partial charge in [-0.25, -0.2) is 9.07 Å². The summed E-state index contributed by atoms with van der Waals surface area (Å²) in [5, 5.41) is 20.7. The first-order valence-corrected chi connectivity index (χ1v) is 14.2. The zero-order valence-electron chi connectivity index (χ0n) is 23.1. The predicted octanol–water partition coefficient (Wildman–Crippen LogP) is 6.07. The summed E-state index contributed by atoms with van der Waals surface area (Å²) >= 11 is 0. The van der Waals surface area contributed by atoms with Crippen molar-refractivity contribution in [3.05, 3.63) is 77.4 Å². The van der Waals surface area contributed by atoms with E-state index in [1.165, 1.54) is 5.56 Å². The molecule has 3 aromatic heterocycles. The number of pyridine rings is 1. The molecule has 2 unspecified atom stereocenters. The molecule has 206 valence electrons. The molecule has 8 heteroatoms. The van der Waals surface area contributed by atoms with Crippen LogP contribution in [0.25, 0.3) is 33.2 Å². The Morgan fingerprint density at radius 3 is 2.48 bits per heavy atom. The van der Waals surface area contributed by atoms with Crippen molar-refractivity contribution in [2.45, 2.75) is 51.2 Å². The Morgan fingerprint density at radius 1 is 1.05 bits per heavy atom. The van der Waals surface area contributed by atoms with Crippen molar-refractivity contribution < 1.29 is 14.2 Å². The molecule has 0 bridgehead atoms. The number of aromatic nitrogens is 5. The summed E-state index contributed by atoms with van der Waals surface area (Å²) in [4.78, 5) is 4.93. The number of aliphatic hydroxyl groups is 1. The number of nitrogens with zero attached hydrogens (tertiary/aromatic N) is 5. The van der Waals surface area contributed by atoms with Gasteiger partial charge in [0.05, 0.1) is 39.6 Å².